The molecule has 1 saturated heterocycles. The van der Waals surface area contributed by atoms with Gasteiger partial charge in [0.15, 0.2) is 0 Å². The Hall–Kier alpha value is -0.930. The average molecular weight is 248 g/mol. The van der Waals surface area contributed by atoms with Gasteiger partial charge in [-0.05, 0) is 52.3 Å². The molecule has 1 aliphatic rings. The van der Waals surface area contributed by atoms with E-state index in [0.717, 1.165) is 30.8 Å². The standard InChI is InChI=1S/C15H24N2O/c1-4-15(3,17-9-5-6-10-17)14(18)13-8-7-12(2)16-11-13/h7-8,11,14,18H,4-6,9-10H2,1-3H3. The van der Waals surface area contributed by atoms with E-state index in [2.05, 4.69) is 23.7 Å². The van der Waals surface area contributed by atoms with Crippen LogP contribution in [-0.2, 0) is 0 Å². The Morgan fingerprint density at radius 2 is 2.06 bits per heavy atom. The molecule has 2 unspecified atom stereocenters. The zero-order chi connectivity index (χ0) is 13.2. The van der Waals surface area contributed by atoms with Crippen LogP contribution in [0, 0.1) is 6.92 Å². The molecule has 2 rings (SSSR count). The Labute approximate surface area is 110 Å². The molecule has 0 amide bonds. The maximum Gasteiger partial charge on any atom is 0.0985 e. The minimum atomic E-state index is -0.464. The van der Waals surface area contributed by atoms with Crippen LogP contribution in [0.4, 0.5) is 0 Å². The Bertz CT molecular complexity index is 384. The molecule has 2 heterocycles. The van der Waals surface area contributed by atoms with Crippen molar-refractivity contribution in [1.82, 2.24) is 9.88 Å². The van der Waals surface area contributed by atoms with Gasteiger partial charge in [0.05, 0.1) is 6.10 Å². The third kappa shape index (κ3) is 2.43. The topological polar surface area (TPSA) is 36.4 Å². The summed E-state index contributed by atoms with van der Waals surface area (Å²) in [7, 11) is 0. The van der Waals surface area contributed by atoms with Gasteiger partial charge in [-0.1, -0.05) is 13.0 Å². The number of hydrogen-bond donors (Lipinski definition) is 1. The molecule has 0 radical (unpaired) electrons. The fraction of sp³-hybridized carbons (Fsp3) is 0.667. The first kappa shape index (κ1) is 13.5. The van der Waals surface area contributed by atoms with Gasteiger partial charge in [0.1, 0.15) is 0 Å². The summed E-state index contributed by atoms with van der Waals surface area (Å²) in [4.78, 5) is 6.72. The number of aromatic nitrogens is 1. The largest absolute Gasteiger partial charge is 0.386 e. The summed E-state index contributed by atoms with van der Waals surface area (Å²) in [5.41, 5.74) is 1.75. The van der Waals surface area contributed by atoms with E-state index in [4.69, 9.17) is 0 Å². The molecule has 1 aromatic rings. The number of aliphatic hydroxyl groups excluding tert-OH is 1. The maximum atomic E-state index is 10.7. The summed E-state index contributed by atoms with van der Waals surface area (Å²) in [6, 6.07) is 3.97. The van der Waals surface area contributed by atoms with E-state index in [9.17, 15) is 5.11 Å². The van der Waals surface area contributed by atoms with Gasteiger partial charge in [0.2, 0.25) is 0 Å². The van der Waals surface area contributed by atoms with Crippen LogP contribution in [0.1, 0.15) is 50.5 Å². The van der Waals surface area contributed by atoms with E-state index in [1.165, 1.54) is 12.8 Å². The number of hydrogen-bond acceptors (Lipinski definition) is 3. The van der Waals surface area contributed by atoms with Gasteiger partial charge < -0.3 is 5.11 Å². The molecule has 2 atom stereocenters. The lowest BCUT2D eigenvalue weighted by Gasteiger charge is -2.42. The molecule has 1 N–H and O–H groups in total. The quantitative estimate of drug-likeness (QED) is 0.890. The summed E-state index contributed by atoms with van der Waals surface area (Å²) in [5, 5.41) is 10.7. The summed E-state index contributed by atoms with van der Waals surface area (Å²) in [6.45, 7) is 8.49. The number of nitrogens with zero attached hydrogens (tertiary/aromatic N) is 2. The van der Waals surface area contributed by atoms with E-state index < -0.39 is 6.10 Å². The van der Waals surface area contributed by atoms with Gasteiger partial charge in [-0.15, -0.1) is 0 Å². The van der Waals surface area contributed by atoms with Crippen LogP contribution in [-0.4, -0.2) is 33.6 Å². The molecule has 0 saturated carbocycles. The first-order chi connectivity index (χ1) is 8.58. The minimum Gasteiger partial charge on any atom is -0.386 e. The van der Waals surface area contributed by atoms with E-state index in [1.807, 2.05) is 25.3 Å². The second-order valence-corrected chi connectivity index (χ2v) is 5.54. The first-order valence-electron chi connectivity index (χ1n) is 6.93. The third-order valence-electron chi connectivity index (χ3n) is 4.38. The highest BCUT2D eigenvalue weighted by Gasteiger charge is 2.39. The van der Waals surface area contributed by atoms with Crippen molar-refractivity contribution in [3.05, 3.63) is 29.6 Å². The number of pyridine rings is 1. The molecular weight excluding hydrogens is 224 g/mol. The molecule has 3 heteroatoms. The maximum absolute atomic E-state index is 10.7. The van der Waals surface area contributed by atoms with Crippen molar-refractivity contribution < 1.29 is 5.11 Å². The highest BCUT2D eigenvalue weighted by atomic mass is 16.3. The van der Waals surface area contributed by atoms with Gasteiger partial charge in [0.25, 0.3) is 0 Å². The van der Waals surface area contributed by atoms with Crippen molar-refractivity contribution in [3.8, 4) is 0 Å². The predicted molar refractivity (Wildman–Crippen MR) is 73.4 cm³/mol. The molecule has 18 heavy (non-hydrogen) atoms. The lowest BCUT2D eigenvalue weighted by atomic mass is 9.86. The second kappa shape index (κ2) is 5.37. The van der Waals surface area contributed by atoms with Crippen molar-refractivity contribution in [1.29, 1.82) is 0 Å². The van der Waals surface area contributed by atoms with Crippen LogP contribution in [0.3, 0.4) is 0 Å². The van der Waals surface area contributed by atoms with Gasteiger partial charge in [-0.3, -0.25) is 9.88 Å². The zero-order valence-electron chi connectivity index (χ0n) is 11.7. The van der Waals surface area contributed by atoms with Gasteiger partial charge in [-0.25, -0.2) is 0 Å². The Balaban J connectivity index is 2.23. The summed E-state index contributed by atoms with van der Waals surface area (Å²) in [5.74, 6) is 0. The lowest BCUT2D eigenvalue weighted by Crippen LogP contribution is -2.48. The fourth-order valence-electron chi connectivity index (χ4n) is 2.82. The van der Waals surface area contributed by atoms with Crippen molar-refractivity contribution in [2.75, 3.05) is 13.1 Å². The van der Waals surface area contributed by atoms with E-state index in [1.54, 1.807) is 0 Å². The van der Waals surface area contributed by atoms with Crippen LogP contribution >= 0.6 is 0 Å². The molecule has 0 aromatic carbocycles. The predicted octanol–water partition coefficient (Wildman–Crippen LogP) is 2.69. The van der Waals surface area contributed by atoms with Crippen LogP contribution < -0.4 is 0 Å². The number of aliphatic hydroxyl groups is 1. The Kier molecular flexibility index (Phi) is 4.03. The number of rotatable bonds is 4. The molecule has 1 fully saturated rings. The highest BCUT2D eigenvalue weighted by molar-refractivity contribution is 5.19. The van der Waals surface area contributed by atoms with E-state index >= 15 is 0 Å². The van der Waals surface area contributed by atoms with Gasteiger partial charge >= 0.3 is 0 Å². The van der Waals surface area contributed by atoms with Crippen LogP contribution in [0.25, 0.3) is 0 Å². The number of likely N-dealkylation sites (tertiary alicyclic amines) is 1. The smallest absolute Gasteiger partial charge is 0.0985 e. The van der Waals surface area contributed by atoms with Crippen molar-refractivity contribution in [3.63, 3.8) is 0 Å². The monoisotopic (exact) mass is 248 g/mol. The summed E-state index contributed by atoms with van der Waals surface area (Å²) in [6.07, 6.45) is 4.78. The van der Waals surface area contributed by atoms with Crippen LogP contribution in [0.2, 0.25) is 0 Å². The molecule has 0 spiro atoms. The molecular formula is C15H24N2O. The van der Waals surface area contributed by atoms with E-state index in [-0.39, 0.29) is 5.54 Å². The fourth-order valence-corrected chi connectivity index (χ4v) is 2.82. The SMILES string of the molecule is CCC(C)(C(O)c1ccc(C)nc1)N1CCCC1. The minimum absolute atomic E-state index is 0.173. The normalized spacial score (nSPS) is 21.8. The zero-order valence-corrected chi connectivity index (χ0v) is 11.7. The van der Waals surface area contributed by atoms with Crippen LogP contribution in [0.5, 0.6) is 0 Å². The summed E-state index contributed by atoms with van der Waals surface area (Å²) < 4.78 is 0. The lowest BCUT2D eigenvalue weighted by molar-refractivity contribution is -0.0141. The van der Waals surface area contributed by atoms with E-state index in [0.29, 0.717) is 0 Å². The van der Waals surface area contributed by atoms with Crippen LogP contribution in [0.15, 0.2) is 18.3 Å². The van der Waals surface area contributed by atoms with Crippen molar-refractivity contribution in [2.24, 2.45) is 0 Å². The number of aryl methyl sites for hydroxylation is 1. The summed E-state index contributed by atoms with van der Waals surface area (Å²) >= 11 is 0. The van der Waals surface area contributed by atoms with Crippen molar-refractivity contribution in [2.45, 2.75) is 51.7 Å². The average Bonchev–Trinajstić information content (AvgIpc) is 2.92. The highest BCUT2D eigenvalue weighted by Crippen LogP contribution is 2.36. The Morgan fingerprint density at radius 1 is 1.39 bits per heavy atom. The molecule has 1 aliphatic heterocycles. The van der Waals surface area contributed by atoms with Gasteiger partial charge in [0, 0.05) is 23.0 Å². The molecule has 3 nitrogen and oxygen atoms in total. The molecule has 1 aromatic heterocycles. The van der Waals surface area contributed by atoms with Crippen molar-refractivity contribution >= 4 is 0 Å². The molecule has 100 valence electrons. The third-order valence-corrected chi connectivity index (χ3v) is 4.38. The first-order valence-corrected chi connectivity index (χ1v) is 6.93. The molecule has 0 bridgehead atoms. The molecule has 0 aliphatic carbocycles. The second-order valence-electron chi connectivity index (χ2n) is 5.54. The van der Waals surface area contributed by atoms with Gasteiger partial charge in [-0.2, -0.15) is 0 Å². The Morgan fingerprint density at radius 3 is 2.56 bits per heavy atom.